The number of nitrogens with two attached hydrogens (primary N) is 1. The topological polar surface area (TPSA) is 29.3 Å². The molecule has 0 aliphatic heterocycles. The van der Waals surface area contributed by atoms with Gasteiger partial charge in [-0.15, -0.1) is 0 Å². The van der Waals surface area contributed by atoms with Gasteiger partial charge in [0.05, 0.1) is 0 Å². The number of benzene rings is 1. The predicted octanol–water partition coefficient (Wildman–Crippen LogP) is 3.91. The standard InChI is InChI=1S/C15H25BrN2S/c1-12(9-11-19-3)18(2)10-8-15(17)13-6-4-5-7-14(13)16/h4-7,12,15H,8-11,17H2,1-3H3. The van der Waals surface area contributed by atoms with Crippen LogP contribution in [-0.4, -0.2) is 36.5 Å². The van der Waals surface area contributed by atoms with Gasteiger partial charge in [0.15, 0.2) is 0 Å². The van der Waals surface area contributed by atoms with Gasteiger partial charge in [-0.25, -0.2) is 0 Å². The molecule has 0 aliphatic rings. The Morgan fingerprint density at radius 3 is 2.63 bits per heavy atom. The lowest BCUT2D eigenvalue weighted by Crippen LogP contribution is -2.32. The van der Waals surface area contributed by atoms with Crippen molar-refractivity contribution in [3.8, 4) is 0 Å². The molecule has 2 nitrogen and oxygen atoms in total. The molecule has 1 rings (SSSR count). The fourth-order valence-corrected chi connectivity index (χ4v) is 3.16. The summed E-state index contributed by atoms with van der Waals surface area (Å²) >= 11 is 5.48. The van der Waals surface area contributed by atoms with Crippen LogP contribution in [-0.2, 0) is 0 Å². The second-order valence-corrected chi connectivity index (χ2v) is 6.87. The molecule has 0 fully saturated rings. The third-order valence-corrected chi connectivity index (χ3v) is 4.96. The summed E-state index contributed by atoms with van der Waals surface area (Å²) < 4.78 is 1.11. The molecule has 19 heavy (non-hydrogen) atoms. The Morgan fingerprint density at radius 1 is 1.32 bits per heavy atom. The zero-order valence-electron chi connectivity index (χ0n) is 12.1. The number of rotatable bonds is 8. The van der Waals surface area contributed by atoms with E-state index in [2.05, 4.69) is 53.2 Å². The minimum absolute atomic E-state index is 0.103. The molecule has 2 N–H and O–H groups in total. The quantitative estimate of drug-likeness (QED) is 0.775. The Balaban J connectivity index is 2.41. The van der Waals surface area contributed by atoms with Crippen molar-refractivity contribution in [3.63, 3.8) is 0 Å². The van der Waals surface area contributed by atoms with Crippen LogP contribution in [0, 0.1) is 0 Å². The molecule has 2 atom stereocenters. The number of hydrogen-bond acceptors (Lipinski definition) is 3. The van der Waals surface area contributed by atoms with Crippen LogP contribution >= 0.6 is 27.7 Å². The minimum Gasteiger partial charge on any atom is -0.324 e. The Kier molecular flexibility index (Phi) is 8.07. The molecule has 108 valence electrons. The van der Waals surface area contributed by atoms with Gasteiger partial charge < -0.3 is 10.6 Å². The van der Waals surface area contributed by atoms with E-state index in [9.17, 15) is 0 Å². The zero-order chi connectivity index (χ0) is 14.3. The van der Waals surface area contributed by atoms with Crippen molar-refractivity contribution in [1.82, 2.24) is 4.90 Å². The van der Waals surface area contributed by atoms with Gasteiger partial charge in [-0.1, -0.05) is 34.1 Å². The molecular weight excluding hydrogens is 320 g/mol. The smallest absolute Gasteiger partial charge is 0.0318 e. The summed E-state index contributed by atoms with van der Waals surface area (Å²) in [5.41, 5.74) is 7.49. The van der Waals surface area contributed by atoms with Crippen molar-refractivity contribution in [2.75, 3.05) is 25.6 Å². The third kappa shape index (κ3) is 5.86. The highest BCUT2D eigenvalue weighted by Crippen LogP contribution is 2.23. The Hall–Kier alpha value is -0.0300. The van der Waals surface area contributed by atoms with Crippen LogP contribution in [0.25, 0.3) is 0 Å². The fourth-order valence-electron chi connectivity index (χ4n) is 2.00. The predicted molar refractivity (Wildman–Crippen MR) is 90.8 cm³/mol. The van der Waals surface area contributed by atoms with Gasteiger partial charge in [0.25, 0.3) is 0 Å². The second kappa shape index (κ2) is 9.01. The van der Waals surface area contributed by atoms with Crippen molar-refractivity contribution >= 4 is 27.7 Å². The van der Waals surface area contributed by atoms with E-state index in [4.69, 9.17) is 5.73 Å². The number of thioether (sulfide) groups is 1. The maximum Gasteiger partial charge on any atom is 0.0318 e. The maximum atomic E-state index is 6.28. The first-order chi connectivity index (χ1) is 9.06. The molecule has 0 amide bonds. The Labute approximate surface area is 130 Å². The van der Waals surface area contributed by atoms with Crippen molar-refractivity contribution in [2.45, 2.75) is 31.8 Å². The van der Waals surface area contributed by atoms with Crippen molar-refractivity contribution in [1.29, 1.82) is 0 Å². The van der Waals surface area contributed by atoms with E-state index in [1.165, 1.54) is 17.7 Å². The molecule has 2 unspecified atom stereocenters. The summed E-state index contributed by atoms with van der Waals surface area (Å²) in [7, 11) is 2.19. The summed E-state index contributed by atoms with van der Waals surface area (Å²) in [5, 5.41) is 0. The first kappa shape index (κ1) is 17.0. The van der Waals surface area contributed by atoms with Gasteiger partial charge in [-0.3, -0.25) is 0 Å². The molecule has 0 heterocycles. The van der Waals surface area contributed by atoms with Crippen LogP contribution in [0.2, 0.25) is 0 Å². The first-order valence-electron chi connectivity index (χ1n) is 6.75. The normalized spacial score (nSPS) is 14.6. The van der Waals surface area contributed by atoms with E-state index in [-0.39, 0.29) is 6.04 Å². The van der Waals surface area contributed by atoms with Gasteiger partial charge in [0.1, 0.15) is 0 Å². The zero-order valence-corrected chi connectivity index (χ0v) is 14.5. The van der Waals surface area contributed by atoms with Crippen molar-refractivity contribution in [2.24, 2.45) is 5.73 Å². The summed E-state index contributed by atoms with van der Waals surface area (Å²) in [5.74, 6) is 1.22. The van der Waals surface area contributed by atoms with Crippen LogP contribution in [0.15, 0.2) is 28.7 Å². The van der Waals surface area contributed by atoms with Gasteiger partial charge in [-0.2, -0.15) is 11.8 Å². The number of nitrogens with zero attached hydrogens (tertiary/aromatic N) is 1. The van der Waals surface area contributed by atoms with E-state index in [0.29, 0.717) is 6.04 Å². The molecule has 4 heteroatoms. The average molecular weight is 345 g/mol. The van der Waals surface area contributed by atoms with Gasteiger partial charge >= 0.3 is 0 Å². The van der Waals surface area contributed by atoms with E-state index in [0.717, 1.165) is 17.4 Å². The van der Waals surface area contributed by atoms with E-state index >= 15 is 0 Å². The van der Waals surface area contributed by atoms with Crippen LogP contribution in [0.1, 0.15) is 31.4 Å². The summed E-state index contributed by atoms with van der Waals surface area (Å²) in [6, 6.07) is 8.96. The molecule has 0 aromatic heterocycles. The molecule has 1 aromatic rings. The summed E-state index contributed by atoms with van der Waals surface area (Å²) in [4.78, 5) is 2.41. The van der Waals surface area contributed by atoms with Crippen LogP contribution < -0.4 is 5.73 Å². The van der Waals surface area contributed by atoms with Crippen LogP contribution in [0.3, 0.4) is 0 Å². The number of halogens is 1. The SMILES string of the molecule is CSCCC(C)N(C)CCC(N)c1ccccc1Br. The second-order valence-electron chi connectivity index (χ2n) is 5.03. The van der Waals surface area contributed by atoms with Gasteiger partial charge in [0, 0.05) is 16.6 Å². The Morgan fingerprint density at radius 2 is 2.00 bits per heavy atom. The van der Waals surface area contributed by atoms with E-state index in [1.54, 1.807) is 0 Å². The van der Waals surface area contributed by atoms with Crippen molar-refractivity contribution in [3.05, 3.63) is 34.3 Å². The largest absolute Gasteiger partial charge is 0.324 e. The number of hydrogen-bond donors (Lipinski definition) is 1. The fraction of sp³-hybridized carbons (Fsp3) is 0.600. The summed E-state index contributed by atoms with van der Waals surface area (Å²) in [6.07, 6.45) is 4.39. The lowest BCUT2D eigenvalue weighted by Gasteiger charge is -2.26. The van der Waals surface area contributed by atoms with E-state index < -0.39 is 0 Å². The lowest BCUT2D eigenvalue weighted by atomic mass is 10.0. The third-order valence-electron chi connectivity index (χ3n) is 3.59. The first-order valence-corrected chi connectivity index (χ1v) is 8.94. The highest BCUT2D eigenvalue weighted by Gasteiger charge is 2.13. The monoisotopic (exact) mass is 344 g/mol. The molecule has 0 aliphatic carbocycles. The van der Waals surface area contributed by atoms with E-state index in [1.807, 2.05) is 23.9 Å². The maximum absolute atomic E-state index is 6.28. The van der Waals surface area contributed by atoms with Crippen LogP contribution in [0.4, 0.5) is 0 Å². The highest BCUT2D eigenvalue weighted by atomic mass is 79.9. The van der Waals surface area contributed by atoms with Gasteiger partial charge in [0.2, 0.25) is 0 Å². The lowest BCUT2D eigenvalue weighted by molar-refractivity contribution is 0.244. The minimum atomic E-state index is 0.103. The highest BCUT2D eigenvalue weighted by molar-refractivity contribution is 9.10. The molecule has 0 saturated heterocycles. The van der Waals surface area contributed by atoms with Crippen LogP contribution in [0.5, 0.6) is 0 Å². The Bertz CT molecular complexity index is 373. The molecule has 0 radical (unpaired) electrons. The summed E-state index contributed by atoms with van der Waals surface area (Å²) in [6.45, 7) is 3.33. The molecule has 1 aromatic carbocycles. The molecule has 0 saturated carbocycles. The van der Waals surface area contributed by atoms with Crippen molar-refractivity contribution < 1.29 is 0 Å². The molecular formula is C15H25BrN2S. The molecule has 0 spiro atoms. The average Bonchev–Trinajstić information content (AvgIpc) is 2.42. The molecule has 0 bridgehead atoms. The van der Waals surface area contributed by atoms with Gasteiger partial charge in [-0.05, 0) is 57.0 Å².